The largest absolute Gasteiger partial charge is 0.389 e. The van der Waals surface area contributed by atoms with Gasteiger partial charge in [0.25, 0.3) is 0 Å². The van der Waals surface area contributed by atoms with Crippen LogP contribution in [0.25, 0.3) is 0 Å². The highest BCUT2D eigenvalue weighted by molar-refractivity contribution is 5.63. The zero-order valence-electron chi connectivity index (χ0n) is 11.9. The summed E-state index contributed by atoms with van der Waals surface area (Å²) in [6.07, 6.45) is 4.17. The van der Waals surface area contributed by atoms with Crippen molar-refractivity contribution >= 4 is 6.21 Å². The van der Waals surface area contributed by atoms with Gasteiger partial charge in [-0.05, 0) is 30.6 Å². The van der Waals surface area contributed by atoms with Gasteiger partial charge < -0.3 is 4.84 Å². The zero-order chi connectivity index (χ0) is 12.6. The summed E-state index contributed by atoms with van der Waals surface area (Å²) < 4.78 is 0. The smallest absolute Gasteiger partial charge is 0.143 e. The van der Waals surface area contributed by atoms with E-state index >= 15 is 0 Å². The van der Waals surface area contributed by atoms with Crippen molar-refractivity contribution in [3.8, 4) is 0 Å². The summed E-state index contributed by atoms with van der Waals surface area (Å²) in [6.45, 7) is 15.8. The molecule has 1 heterocycles. The van der Waals surface area contributed by atoms with E-state index < -0.39 is 0 Å². The van der Waals surface area contributed by atoms with E-state index in [-0.39, 0.29) is 11.0 Å². The summed E-state index contributed by atoms with van der Waals surface area (Å²) in [7, 11) is 0. The van der Waals surface area contributed by atoms with Gasteiger partial charge in [-0.25, -0.2) is 0 Å². The Labute approximate surface area is 100 Å². The molecule has 2 heteroatoms. The Hall–Kier alpha value is -0.530. The van der Waals surface area contributed by atoms with Crippen LogP contribution in [0.5, 0.6) is 0 Å². The molecule has 16 heavy (non-hydrogen) atoms. The third-order valence-corrected chi connectivity index (χ3v) is 3.00. The summed E-state index contributed by atoms with van der Waals surface area (Å²) in [5, 5.41) is 4.06. The molecule has 0 amide bonds. The first-order chi connectivity index (χ1) is 7.02. The lowest BCUT2D eigenvalue weighted by Gasteiger charge is -2.36. The molecule has 0 N–H and O–H groups in total. The van der Waals surface area contributed by atoms with Gasteiger partial charge >= 0.3 is 0 Å². The SMILES string of the molecule is CC(C)(C)CC1C=NOC1(C)CC(C)(C)C. The summed E-state index contributed by atoms with van der Waals surface area (Å²) in [6, 6.07) is 0. The fraction of sp³-hybridized carbons (Fsp3) is 0.929. The predicted octanol–water partition coefficient (Wildman–Crippen LogP) is 4.25. The molecule has 2 nitrogen and oxygen atoms in total. The first-order valence-corrected chi connectivity index (χ1v) is 6.24. The Morgan fingerprint density at radius 3 is 2.12 bits per heavy atom. The van der Waals surface area contributed by atoms with Crippen molar-refractivity contribution in [2.24, 2.45) is 21.9 Å². The van der Waals surface area contributed by atoms with Crippen LogP contribution in [0, 0.1) is 16.7 Å². The lowest BCUT2D eigenvalue weighted by molar-refractivity contribution is -0.0631. The molecule has 2 unspecified atom stereocenters. The van der Waals surface area contributed by atoms with Gasteiger partial charge in [-0.2, -0.15) is 0 Å². The van der Waals surface area contributed by atoms with Crippen molar-refractivity contribution in [2.75, 3.05) is 0 Å². The van der Waals surface area contributed by atoms with Gasteiger partial charge in [-0.1, -0.05) is 46.7 Å². The normalized spacial score (nSPS) is 30.6. The van der Waals surface area contributed by atoms with E-state index in [9.17, 15) is 0 Å². The van der Waals surface area contributed by atoms with E-state index in [1.807, 2.05) is 6.21 Å². The van der Waals surface area contributed by atoms with Gasteiger partial charge in [0.2, 0.25) is 0 Å². The maximum atomic E-state index is 5.64. The van der Waals surface area contributed by atoms with Crippen molar-refractivity contribution < 1.29 is 4.84 Å². The summed E-state index contributed by atoms with van der Waals surface area (Å²) in [5.41, 5.74) is 0.480. The topological polar surface area (TPSA) is 21.6 Å². The van der Waals surface area contributed by atoms with Crippen LogP contribution in [0.1, 0.15) is 61.3 Å². The van der Waals surface area contributed by atoms with Crippen molar-refractivity contribution in [1.82, 2.24) is 0 Å². The van der Waals surface area contributed by atoms with Crippen LogP contribution in [-0.2, 0) is 4.84 Å². The molecule has 0 aliphatic carbocycles. The Balaban J connectivity index is 2.73. The van der Waals surface area contributed by atoms with E-state index in [1.54, 1.807) is 0 Å². The highest BCUT2D eigenvalue weighted by Crippen LogP contribution is 2.42. The molecule has 1 rings (SSSR count). The quantitative estimate of drug-likeness (QED) is 0.688. The van der Waals surface area contributed by atoms with Crippen molar-refractivity contribution in [3.05, 3.63) is 0 Å². The van der Waals surface area contributed by atoms with Gasteiger partial charge in [0, 0.05) is 5.92 Å². The average molecular weight is 225 g/mol. The van der Waals surface area contributed by atoms with Crippen LogP contribution in [0.3, 0.4) is 0 Å². The van der Waals surface area contributed by atoms with Crippen molar-refractivity contribution in [1.29, 1.82) is 0 Å². The standard InChI is InChI=1S/C14H27NO/c1-12(2,3)8-11-9-15-16-14(11,7)10-13(4,5)6/h9,11H,8,10H2,1-7H3. The molecule has 94 valence electrons. The molecule has 1 aliphatic heterocycles. The van der Waals surface area contributed by atoms with Gasteiger partial charge in [0.05, 0.1) is 6.21 Å². The van der Waals surface area contributed by atoms with Crippen LogP contribution in [0.4, 0.5) is 0 Å². The lowest BCUT2D eigenvalue weighted by Crippen LogP contribution is -2.39. The lowest BCUT2D eigenvalue weighted by atomic mass is 9.72. The van der Waals surface area contributed by atoms with E-state index in [0.717, 1.165) is 12.8 Å². The molecular weight excluding hydrogens is 198 g/mol. The second kappa shape index (κ2) is 4.05. The molecule has 0 saturated heterocycles. The Morgan fingerprint density at radius 1 is 1.12 bits per heavy atom. The number of oxime groups is 1. The van der Waals surface area contributed by atoms with E-state index in [1.165, 1.54) is 0 Å². The third kappa shape index (κ3) is 3.80. The minimum atomic E-state index is -0.120. The first-order valence-electron chi connectivity index (χ1n) is 6.24. The zero-order valence-corrected chi connectivity index (χ0v) is 11.9. The summed E-state index contributed by atoms with van der Waals surface area (Å²) >= 11 is 0. The van der Waals surface area contributed by atoms with E-state index in [0.29, 0.717) is 11.3 Å². The Morgan fingerprint density at radius 2 is 1.69 bits per heavy atom. The molecular formula is C14H27NO. The molecule has 0 fully saturated rings. The van der Waals surface area contributed by atoms with Crippen LogP contribution < -0.4 is 0 Å². The summed E-state index contributed by atoms with van der Waals surface area (Å²) in [4.78, 5) is 5.64. The number of hydrogen-bond donors (Lipinski definition) is 0. The van der Waals surface area contributed by atoms with Crippen LogP contribution >= 0.6 is 0 Å². The van der Waals surface area contributed by atoms with Gasteiger partial charge in [0.1, 0.15) is 5.60 Å². The molecule has 0 bridgehead atoms. The van der Waals surface area contributed by atoms with Crippen LogP contribution in [0.2, 0.25) is 0 Å². The first kappa shape index (κ1) is 13.5. The Kier molecular flexibility index (Phi) is 3.42. The van der Waals surface area contributed by atoms with E-state index in [4.69, 9.17) is 4.84 Å². The molecule has 0 aromatic rings. The molecule has 0 saturated carbocycles. The minimum absolute atomic E-state index is 0.120. The fourth-order valence-electron chi connectivity index (χ4n) is 2.59. The minimum Gasteiger partial charge on any atom is -0.389 e. The molecule has 0 aromatic carbocycles. The van der Waals surface area contributed by atoms with Crippen molar-refractivity contribution in [3.63, 3.8) is 0 Å². The number of rotatable bonds is 2. The van der Waals surface area contributed by atoms with Gasteiger partial charge in [-0.15, -0.1) is 0 Å². The second-order valence-electron chi connectivity index (χ2n) is 7.77. The van der Waals surface area contributed by atoms with Gasteiger partial charge in [0.15, 0.2) is 0 Å². The summed E-state index contributed by atoms with van der Waals surface area (Å²) in [5.74, 6) is 0.437. The van der Waals surface area contributed by atoms with Gasteiger partial charge in [-0.3, -0.25) is 0 Å². The highest BCUT2D eigenvalue weighted by atomic mass is 16.7. The number of nitrogens with zero attached hydrogens (tertiary/aromatic N) is 1. The number of hydrogen-bond acceptors (Lipinski definition) is 2. The molecule has 0 aromatic heterocycles. The molecule has 0 spiro atoms. The van der Waals surface area contributed by atoms with Crippen molar-refractivity contribution in [2.45, 2.75) is 66.9 Å². The predicted molar refractivity (Wildman–Crippen MR) is 69.6 cm³/mol. The fourth-order valence-corrected chi connectivity index (χ4v) is 2.59. The van der Waals surface area contributed by atoms with Crippen LogP contribution in [-0.4, -0.2) is 11.8 Å². The highest BCUT2D eigenvalue weighted by Gasteiger charge is 2.43. The third-order valence-electron chi connectivity index (χ3n) is 3.00. The molecule has 2 atom stereocenters. The maximum Gasteiger partial charge on any atom is 0.143 e. The van der Waals surface area contributed by atoms with E-state index in [2.05, 4.69) is 53.6 Å². The Bertz CT molecular complexity index is 269. The maximum absolute atomic E-state index is 5.64. The average Bonchev–Trinajstić information content (AvgIpc) is 2.24. The molecule has 1 aliphatic rings. The molecule has 0 radical (unpaired) electrons. The van der Waals surface area contributed by atoms with Crippen LogP contribution in [0.15, 0.2) is 5.16 Å². The monoisotopic (exact) mass is 225 g/mol. The second-order valence-corrected chi connectivity index (χ2v) is 7.77.